The van der Waals surface area contributed by atoms with Crippen LogP contribution >= 0.6 is 11.3 Å². The summed E-state index contributed by atoms with van der Waals surface area (Å²) in [5, 5.41) is 11.1. The summed E-state index contributed by atoms with van der Waals surface area (Å²) in [6.07, 6.45) is 0. The predicted octanol–water partition coefficient (Wildman–Crippen LogP) is 4.91. The minimum absolute atomic E-state index is 0.0665. The van der Waals surface area contributed by atoms with E-state index in [0.717, 1.165) is 22.4 Å². The molecule has 1 atom stereocenters. The van der Waals surface area contributed by atoms with Crippen LogP contribution in [0.25, 0.3) is 11.3 Å². The number of nitrogens with zero attached hydrogens (tertiary/aromatic N) is 5. The van der Waals surface area contributed by atoms with E-state index in [0.29, 0.717) is 28.1 Å². The first-order chi connectivity index (χ1) is 17.6. The van der Waals surface area contributed by atoms with Crippen LogP contribution in [-0.4, -0.2) is 51.0 Å². The van der Waals surface area contributed by atoms with Crippen molar-refractivity contribution in [3.8, 4) is 23.0 Å². The Balaban J connectivity index is 1.55. The SMILES string of the molecule is Cc1ccc2c(n1)Oc1nc(-c3ccc(C(=O)N(C)C)cc3)ccc1C2C(C)(C)C(=O)Nc1nncs1. The molecular weight excluding hydrogens is 488 g/mol. The molecule has 1 aromatic carbocycles. The lowest BCUT2D eigenvalue weighted by Crippen LogP contribution is -2.38. The van der Waals surface area contributed by atoms with Crippen LogP contribution in [0.1, 0.15) is 46.9 Å². The number of hydrogen-bond acceptors (Lipinski definition) is 8. The molecule has 37 heavy (non-hydrogen) atoms. The fourth-order valence-corrected chi connectivity index (χ4v) is 4.89. The Bertz CT molecular complexity index is 1480. The second-order valence-electron chi connectivity index (χ2n) is 9.67. The molecule has 3 aromatic heterocycles. The van der Waals surface area contributed by atoms with Crippen molar-refractivity contribution in [2.24, 2.45) is 5.41 Å². The van der Waals surface area contributed by atoms with Crippen LogP contribution in [0.4, 0.5) is 5.13 Å². The highest BCUT2D eigenvalue weighted by atomic mass is 32.1. The zero-order chi connectivity index (χ0) is 26.3. The van der Waals surface area contributed by atoms with Crippen LogP contribution in [0, 0.1) is 12.3 Å². The van der Waals surface area contributed by atoms with Crippen molar-refractivity contribution in [3.05, 3.63) is 76.4 Å². The van der Waals surface area contributed by atoms with Crippen LogP contribution in [-0.2, 0) is 4.79 Å². The predicted molar refractivity (Wildman–Crippen MR) is 141 cm³/mol. The quantitative estimate of drug-likeness (QED) is 0.403. The monoisotopic (exact) mass is 514 g/mol. The number of carbonyl (C=O) groups is 2. The largest absolute Gasteiger partial charge is 0.420 e. The van der Waals surface area contributed by atoms with Gasteiger partial charge in [0.05, 0.1) is 11.1 Å². The first-order valence-corrected chi connectivity index (χ1v) is 12.6. The van der Waals surface area contributed by atoms with Crippen molar-refractivity contribution in [3.63, 3.8) is 0 Å². The van der Waals surface area contributed by atoms with E-state index in [2.05, 4.69) is 20.5 Å². The average Bonchev–Trinajstić information content (AvgIpc) is 3.39. The maximum atomic E-state index is 13.5. The summed E-state index contributed by atoms with van der Waals surface area (Å²) in [6, 6.07) is 15.0. The maximum Gasteiger partial charge on any atom is 0.253 e. The molecule has 9 nitrogen and oxygen atoms in total. The smallest absolute Gasteiger partial charge is 0.253 e. The van der Waals surface area contributed by atoms with E-state index in [9.17, 15) is 9.59 Å². The number of amides is 2. The molecule has 0 saturated heterocycles. The normalized spacial score (nSPS) is 14.2. The fourth-order valence-electron chi connectivity index (χ4n) is 4.45. The summed E-state index contributed by atoms with van der Waals surface area (Å²) in [7, 11) is 3.44. The van der Waals surface area contributed by atoms with Gasteiger partial charge in [-0.1, -0.05) is 49.4 Å². The van der Waals surface area contributed by atoms with Gasteiger partial charge in [-0.3, -0.25) is 9.59 Å². The Morgan fingerprint density at radius 1 is 0.973 bits per heavy atom. The molecule has 1 unspecified atom stereocenters. The first kappa shape index (κ1) is 24.5. The van der Waals surface area contributed by atoms with Crippen molar-refractivity contribution in [2.75, 3.05) is 19.4 Å². The third-order valence-electron chi connectivity index (χ3n) is 6.46. The van der Waals surface area contributed by atoms with Crippen LogP contribution in [0.3, 0.4) is 0 Å². The van der Waals surface area contributed by atoms with Gasteiger partial charge in [0.1, 0.15) is 5.51 Å². The molecule has 0 spiro atoms. The molecule has 1 N–H and O–H groups in total. The van der Waals surface area contributed by atoms with E-state index in [1.54, 1.807) is 31.7 Å². The average molecular weight is 515 g/mol. The highest BCUT2D eigenvalue weighted by Gasteiger charge is 2.45. The third-order valence-corrected chi connectivity index (χ3v) is 7.06. The summed E-state index contributed by atoms with van der Waals surface area (Å²) in [4.78, 5) is 36.7. The molecule has 0 saturated carbocycles. The number of nitrogens with one attached hydrogen (secondary N) is 1. The Morgan fingerprint density at radius 2 is 1.65 bits per heavy atom. The Kier molecular flexibility index (Phi) is 6.20. The number of pyridine rings is 2. The molecule has 4 heterocycles. The zero-order valence-electron chi connectivity index (χ0n) is 21.1. The molecule has 4 aromatic rings. The van der Waals surface area contributed by atoms with Gasteiger partial charge in [-0.05, 0) is 31.2 Å². The van der Waals surface area contributed by atoms with Gasteiger partial charge in [-0.25, -0.2) is 9.97 Å². The number of fused-ring (bicyclic) bond motifs is 2. The van der Waals surface area contributed by atoms with E-state index in [1.807, 2.05) is 57.2 Å². The number of aryl methyl sites for hydroxylation is 1. The summed E-state index contributed by atoms with van der Waals surface area (Å²) in [5.41, 5.74) is 5.21. The van der Waals surface area contributed by atoms with Gasteiger partial charge in [0.25, 0.3) is 5.91 Å². The lowest BCUT2D eigenvalue weighted by Gasteiger charge is -2.37. The van der Waals surface area contributed by atoms with Crippen molar-refractivity contribution in [1.82, 2.24) is 25.1 Å². The van der Waals surface area contributed by atoms with Gasteiger partial charge in [0.15, 0.2) is 0 Å². The summed E-state index contributed by atoms with van der Waals surface area (Å²) in [6.45, 7) is 5.67. The number of ether oxygens (including phenoxy) is 1. The number of anilines is 1. The Labute approximate surface area is 218 Å². The van der Waals surface area contributed by atoms with E-state index >= 15 is 0 Å². The van der Waals surface area contributed by atoms with Gasteiger partial charge in [-0.2, -0.15) is 0 Å². The summed E-state index contributed by atoms with van der Waals surface area (Å²) >= 11 is 1.26. The molecule has 0 fully saturated rings. The number of rotatable bonds is 5. The maximum absolute atomic E-state index is 13.5. The standard InChI is InChI=1S/C27H26N6O3S/c1-15-6-11-18-21(27(2,3)25(35)31-26-32-28-14-37-26)19-12-13-20(30-23(19)36-22(18)29-15)16-7-9-17(10-8-16)24(34)33(4)5/h6-14,21H,1-5H3,(H,31,32,35). The van der Waals surface area contributed by atoms with Crippen LogP contribution in [0.15, 0.2) is 54.0 Å². The second kappa shape index (κ2) is 9.36. The summed E-state index contributed by atoms with van der Waals surface area (Å²) in [5.74, 6) is 0.208. The highest BCUT2D eigenvalue weighted by molar-refractivity contribution is 7.13. The number of hydrogen-bond donors (Lipinski definition) is 1. The molecular formula is C27H26N6O3S. The number of benzene rings is 1. The van der Waals surface area contributed by atoms with Crippen LogP contribution < -0.4 is 10.1 Å². The van der Waals surface area contributed by atoms with E-state index in [-0.39, 0.29) is 17.7 Å². The first-order valence-electron chi connectivity index (χ1n) is 11.7. The van der Waals surface area contributed by atoms with Crippen molar-refractivity contribution < 1.29 is 14.3 Å². The third kappa shape index (κ3) is 4.55. The topological polar surface area (TPSA) is 110 Å². The molecule has 0 aliphatic carbocycles. The number of aromatic nitrogens is 4. The van der Waals surface area contributed by atoms with Crippen molar-refractivity contribution >= 4 is 28.3 Å². The molecule has 2 amide bonds. The van der Waals surface area contributed by atoms with Gasteiger partial charge in [-0.15, -0.1) is 10.2 Å². The van der Waals surface area contributed by atoms with E-state index in [1.165, 1.54) is 16.2 Å². The minimum atomic E-state index is -0.896. The molecule has 1 aliphatic rings. The number of carbonyl (C=O) groups excluding carboxylic acids is 2. The Morgan fingerprint density at radius 3 is 2.30 bits per heavy atom. The fraction of sp³-hybridized carbons (Fsp3) is 0.259. The molecule has 0 radical (unpaired) electrons. The lowest BCUT2D eigenvalue weighted by atomic mass is 9.70. The van der Waals surface area contributed by atoms with Gasteiger partial charge >= 0.3 is 0 Å². The van der Waals surface area contributed by atoms with Crippen molar-refractivity contribution in [1.29, 1.82) is 0 Å². The molecule has 0 bridgehead atoms. The zero-order valence-corrected chi connectivity index (χ0v) is 22.0. The van der Waals surface area contributed by atoms with Gasteiger partial charge in [0, 0.05) is 48.0 Å². The van der Waals surface area contributed by atoms with Crippen LogP contribution in [0.5, 0.6) is 11.8 Å². The molecule has 5 rings (SSSR count). The van der Waals surface area contributed by atoms with Crippen LogP contribution in [0.2, 0.25) is 0 Å². The minimum Gasteiger partial charge on any atom is -0.420 e. The molecule has 1 aliphatic heterocycles. The molecule has 10 heteroatoms. The van der Waals surface area contributed by atoms with Gasteiger partial charge in [0.2, 0.25) is 22.8 Å². The van der Waals surface area contributed by atoms with E-state index in [4.69, 9.17) is 9.72 Å². The van der Waals surface area contributed by atoms with Crippen molar-refractivity contribution in [2.45, 2.75) is 26.7 Å². The second-order valence-corrected chi connectivity index (χ2v) is 10.5. The van der Waals surface area contributed by atoms with E-state index < -0.39 is 5.41 Å². The highest BCUT2D eigenvalue weighted by Crippen LogP contribution is 2.51. The van der Waals surface area contributed by atoms with Gasteiger partial charge < -0.3 is 15.0 Å². The summed E-state index contributed by atoms with van der Waals surface area (Å²) < 4.78 is 6.19. The Hall–Kier alpha value is -4.18. The lowest BCUT2D eigenvalue weighted by molar-refractivity contribution is -0.124. The molecule has 188 valence electrons.